The van der Waals surface area contributed by atoms with E-state index in [1.54, 1.807) is 24.3 Å². The lowest BCUT2D eigenvalue weighted by Gasteiger charge is -2.05. The van der Waals surface area contributed by atoms with Crippen LogP contribution in [0.15, 0.2) is 60.0 Å². The largest absolute Gasteiger partial charge is 0.302 e. The van der Waals surface area contributed by atoms with Gasteiger partial charge in [0.25, 0.3) is 0 Å². The minimum Gasteiger partial charge on any atom is -0.302 e. The monoisotopic (exact) mass is 400 g/mol. The summed E-state index contributed by atoms with van der Waals surface area (Å²) < 4.78 is 24.4. The van der Waals surface area contributed by atoms with Crippen LogP contribution in [-0.2, 0) is 20.4 Å². The van der Waals surface area contributed by atoms with E-state index in [1.807, 2.05) is 42.6 Å². The van der Waals surface area contributed by atoms with E-state index in [0.29, 0.717) is 5.13 Å². The molecule has 0 fully saturated rings. The number of aryl methyl sites for hydroxylation is 1. The Morgan fingerprint density at radius 3 is 2.48 bits per heavy atom. The van der Waals surface area contributed by atoms with Crippen LogP contribution in [0.25, 0.3) is 11.3 Å². The average molecular weight is 401 g/mol. The van der Waals surface area contributed by atoms with Gasteiger partial charge in [-0.1, -0.05) is 60.2 Å². The molecule has 7 heteroatoms. The maximum absolute atomic E-state index is 12.2. The summed E-state index contributed by atoms with van der Waals surface area (Å²) in [5.74, 6) is -0.601. The van der Waals surface area contributed by atoms with Crippen molar-refractivity contribution in [3.63, 3.8) is 0 Å². The molecule has 0 saturated heterocycles. The third-order valence-corrected chi connectivity index (χ3v) is 6.32. The predicted octanol–water partition coefficient (Wildman–Crippen LogP) is 4.06. The highest BCUT2D eigenvalue weighted by atomic mass is 32.2. The number of benzene rings is 2. The Balaban J connectivity index is 1.54. The molecule has 0 bridgehead atoms. The fourth-order valence-electron chi connectivity index (χ4n) is 2.52. The molecule has 1 N–H and O–H groups in total. The second-order valence-corrected chi connectivity index (χ2v) is 9.32. The van der Waals surface area contributed by atoms with Gasteiger partial charge in [-0.25, -0.2) is 13.4 Å². The molecule has 1 amide bonds. The number of anilines is 1. The van der Waals surface area contributed by atoms with E-state index in [9.17, 15) is 13.2 Å². The summed E-state index contributed by atoms with van der Waals surface area (Å²) in [5.41, 5.74) is 3.65. The number of nitrogens with one attached hydrogen (secondary N) is 1. The van der Waals surface area contributed by atoms with E-state index >= 15 is 0 Å². The third kappa shape index (κ3) is 5.74. The van der Waals surface area contributed by atoms with Crippen molar-refractivity contribution >= 4 is 32.2 Å². The van der Waals surface area contributed by atoms with E-state index < -0.39 is 9.84 Å². The van der Waals surface area contributed by atoms with Gasteiger partial charge in [0.05, 0.1) is 17.2 Å². The van der Waals surface area contributed by atoms with Crippen LogP contribution < -0.4 is 5.32 Å². The van der Waals surface area contributed by atoms with Crippen LogP contribution in [0.1, 0.15) is 17.5 Å². The van der Waals surface area contributed by atoms with E-state index in [1.165, 1.54) is 16.9 Å². The molecule has 2 aromatic carbocycles. The highest BCUT2D eigenvalue weighted by molar-refractivity contribution is 7.90. The second kappa shape index (κ2) is 8.45. The van der Waals surface area contributed by atoms with Crippen molar-refractivity contribution < 1.29 is 13.2 Å². The van der Waals surface area contributed by atoms with Crippen LogP contribution >= 0.6 is 11.3 Å². The molecular weight excluding hydrogens is 380 g/mol. The molecule has 0 aliphatic rings. The molecule has 5 nitrogen and oxygen atoms in total. The highest BCUT2D eigenvalue weighted by Crippen LogP contribution is 2.25. The third-order valence-electron chi connectivity index (χ3n) is 3.97. The molecule has 0 spiro atoms. The van der Waals surface area contributed by atoms with Gasteiger partial charge in [0.1, 0.15) is 0 Å². The fraction of sp³-hybridized carbons (Fsp3) is 0.200. The maximum atomic E-state index is 12.2. The number of thiazole rings is 1. The molecule has 0 aliphatic carbocycles. The van der Waals surface area contributed by atoms with Crippen LogP contribution in [0.4, 0.5) is 5.13 Å². The zero-order valence-corrected chi connectivity index (χ0v) is 16.5. The van der Waals surface area contributed by atoms with Gasteiger partial charge in [-0.2, -0.15) is 0 Å². The first-order valence-corrected chi connectivity index (χ1v) is 11.2. The van der Waals surface area contributed by atoms with Crippen LogP contribution in [0.2, 0.25) is 0 Å². The topological polar surface area (TPSA) is 76.1 Å². The van der Waals surface area contributed by atoms with Gasteiger partial charge < -0.3 is 5.32 Å². The summed E-state index contributed by atoms with van der Waals surface area (Å²) in [6.07, 6.45) is -0.0887. The van der Waals surface area contributed by atoms with Gasteiger partial charge >= 0.3 is 0 Å². The standard InChI is InChI=1S/C20H20N2O3S2/c1-15-7-9-17(10-8-15)18-13-26-20(21-18)22-19(23)11-12-27(24,25)14-16-5-3-2-4-6-16/h2-10,13H,11-12,14H2,1H3,(H,21,22,23). The predicted molar refractivity (Wildman–Crippen MR) is 109 cm³/mol. The molecule has 140 valence electrons. The molecule has 0 saturated carbocycles. The van der Waals surface area contributed by atoms with Crippen LogP contribution in [0, 0.1) is 6.92 Å². The maximum Gasteiger partial charge on any atom is 0.227 e. The fourth-order valence-corrected chi connectivity index (χ4v) is 4.60. The Morgan fingerprint density at radius 2 is 1.78 bits per heavy atom. The molecular formula is C20H20N2O3S2. The van der Waals surface area contributed by atoms with Crippen molar-refractivity contribution in [2.75, 3.05) is 11.1 Å². The lowest BCUT2D eigenvalue weighted by Crippen LogP contribution is -2.18. The summed E-state index contributed by atoms with van der Waals surface area (Å²) >= 11 is 1.32. The number of amides is 1. The van der Waals surface area contributed by atoms with E-state index in [2.05, 4.69) is 10.3 Å². The number of hydrogen-bond acceptors (Lipinski definition) is 5. The van der Waals surface area contributed by atoms with Crippen LogP contribution in [0.3, 0.4) is 0 Å². The zero-order chi connectivity index (χ0) is 19.3. The number of rotatable bonds is 7. The summed E-state index contributed by atoms with van der Waals surface area (Å²) in [6.45, 7) is 2.02. The van der Waals surface area contributed by atoms with E-state index in [0.717, 1.165) is 16.8 Å². The van der Waals surface area contributed by atoms with Gasteiger partial charge in [0.2, 0.25) is 5.91 Å². The van der Waals surface area contributed by atoms with Gasteiger partial charge in [-0.3, -0.25) is 4.79 Å². The van der Waals surface area contributed by atoms with Crippen molar-refractivity contribution in [2.24, 2.45) is 0 Å². The molecule has 0 unspecified atom stereocenters. The van der Waals surface area contributed by atoms with Crippen LogP contribution in [0.5, 0.6) is 0 Å². The number of nitrogens with zero attached hydrogens (tertiary/aromatic N) is 1. The number of carbonyl (C=O) groups excluding carboxylic acids is 1. The first-order chi connectivity index (χ1) is 12.9. The summed E-state index contributed by atoms with van der Waals surface area (Å²) in [5, 5.41) is 5.02. The van der Waals surface area contributed by atoms with E-state index in [4.69, 9.17) is 0 Å². The minimum atomic E-state index is -3.34. The summed E-state index contributed by atoms with van der Waals surface area (Å²) in [7, 11) is -3.34. The molecule has 1 heterocycles. The lowest BCUT2D eigenvalue weighted by molar-refractivity contribution is -0.115. The van der Waals surface area contributed by atoms with Gasteiger partial charge in [0.15, 0.2) is 15.0 Å². The smallest absolute Gasteiger partial charge is 0.227 e. The Kier molecular flexibility index (Phi) is 6.03. The normalized spacial score (nSPS) is 11.3. The SMILES string of the molecule is Cc1ccc(-c2csc(NC(=O)CCS(=O)(=O)Cc3ccccc3)n2)cc1. The summed E-state index contributed by atoms with van der Waals surface area (Å²) in [4.78, 5) is 16.5. The quantitative estimate of drug-likeness (QED) is 0.649. The molecule has 3 rings (SSSR count). The van der Waals surface area contributed by atoms with Crippen molar-refractivity contribution in [3.05, 3.63) is 71.1 Å². The number of hydrogen-bond donors (Lipinski definition) is 1. The Labute approximate surface area is 163 Å². The average Bonchev–Trinajstić information content (AvgIpc) is 3.10. The van der Waals surface area contributed by atoms with Crippen molar-refractivity contribution in [3.8, 4) is 11.3 Å². The first-order valence-electron chi connectivity index (χ1n) is 8.48. The number of carbonyl (C=O) groups is 1. The van der Waals surface area contributed by atoms with Crippen molar-refractivity contribution in [1.29, 1.82) is 0 Å². The highest BCUT2D eigenvalue weighted by Gasteiger charge is 2.15. The van der Waals surface area contributed by atoms with Gasteiger partial charge in [-0.15, -0.1) is 11.3 Å². The van der Waals surface area contributed by atoms with E-state index in [-0.39, 0.29) is 23.8 Å². The summed E-state index contributed by atoms with van der Waals surface area (Å²) in [6, 6.07) is 16.9. The first kappa shape index (κ1) is 19.3. The number of sulfone groups is 1. The van der Waals surface area contributed by atoms with Crippen molar-refractivity contribution in [1.82, 2.24) is 4.98 Å². The Bertz CT molecular complexity index is 1010. The Morgan fingerprint density at radius 1 is 1.07 bits per heavy atom. The minimum absolute atomic E-state index is 0.0596. The Hall–Kier alpha value is -2.51. The second-order valence-electron chi connectivity index (χ2n) is 6.28. The molecule has 27 heavy (non-hydrogen) atoms. The molecule has 3 aromatic rings. The number of aromatic nitrogens is 1. The molecule has 0 radical (unpaired) electrons. The molecule has 0 aliphatic heterocycles. The lowest BCUT2D eigenvalue weighted by atomic mass is 10.1. The van der Waals surface area contributed by atoms with Gasteiger partial charge in [0, 0.05) is 17.4 Å². The van der Waals surface area contributed by atoms with Crippen LogP contribution in [-0.4, -0.2) is 25.1 Å². The zero-order valence-electron chi connectivity index (χ0n) is 14.9. The molecule has 1 aromatic heterocycles. The molecule has 0 atom stereocenters. The van der Waals surface area contributed by atoms with Crippen molar-refractivity contribution in [2.45, 2.75) is 19.1 Å². The van der Waals surface area contributed by atoms with Gasteiger partial charge in [-0.05, 0) is 12.5 Å².